The summed E-state index contributed by atoms with van der Waals surface area (Å²) in [6.45, 7) is 0. The highest BCUT2D eigenvalue weighted by Gasteiger charge is 2.20. The van der Waals surface area contributed by atoms with E-state index in [2.05, 4.69) is 10.2 Å². The summed E-state index contributed by atoms with van der Waals surface area (Å²) in [6, 6.07) is 17.1. The van der Waals surface area contributed by atoms with Gasteiger partial charge in [0, 0.05) is 16.5 Å². The van der Waals surface area contributed by atoms with Crippen LogP contribution in [0.3, 0.4) is 0 Å². The third-order valence-electron chi connectivity index (χ3n) is 4.14. The van der Waals surface area contributed by atoms with Crippen molar-refractivity contribution in [1.82, 2.24) is 14.8 Å². The van der Waals surface area contributed by atoms with Crippen LogP contribution in [0.2, 0.25) is 5.02 Å². The molecule has 0 unspecified atom stereocenters. The largest absolute Gasteiger partial charge is 0.469 e. The first-order valence-corrected chi connectivity index (χ1v) is 10.1. The maximum absolute atomic E-state index is 11.4. The van der Waals surface area contributed by atoms with Gasteiger partial charge in [-0.05, 0) is 36.2 Å². The van der Waals surface area contributed by atoms with Crippen molar-refractivity contribution in [2.45, 2.75) is 24.0 Å². The number of halogens is 1. The van der Waals surface area contributed by atoms with Crippen LogP contribution in [0.4, 0.5) is 0 Å². The van der Waals surface area contributed by atoms with Crippen LogP contribution < -0.4 is 5.73 Å². The minimum atomic E-state index is -0.333. The molecule has 0 aliphatic rings. The Morgan fingerprint density at radius 3 is 2.57 bits per heavy atom. The van der Waals surface area contributed by atoms with Gasteiger partial charge in [0.2, 0.25) is 0 Å². The topological polar surface area (TPSA) is 83.0 Å². The maximum atomic E-state index is 11.4. The molecule has 0 bridgehead atoms. The first-order chi connectivity index (χ1) is 13.6. The summed E-state index contributed by atoms with van der Waals surface area (Å²) < 4.78 is 6.62. The van der Waals surface area contributed by atoms with Crippen LogP contribution in [0.25, 0.3) is 5.69 Å². The van der Waals surface area contributed by atoms with E-state index >= 15 is 0 Å². The maximum Gasteiger partial charge on any atom is 0.306 e. The zero-order chi connectivity index (χ0) is 19.9. The lowest BCUT2D eigenvalue weighted by atomic mass is 10.1. The van der Waals surface area contributed by atoms with Gasteiger partial charge >= 0.3 is 5.97 Å². The highest BCUT2D eigenvalue weighted by atomic mass is 35.5. The Bertz CT molecular complexity index is 916. The molecule has 3 rings (SSSR count). The van der Waals surface area contributed by atoms with Gasteiger partial charge in [-0.3, -0.25) is 9.36 Å². The fourth-order valence-electron chi connectivity index (χ4n) is 2.73. The van der Waals surface area contributed by atoms with E-state index in [4.69, 9.17) is 22.1 Å². The summed E-state index contributed by atoms with van der Waals surface area (Å²) in [6.07, 6.45) is 0.930. The normalized spacial score (nSPS) is 12.0. The number of hydrogen-bond donors (Lipinski definition) is 1. The lowest BCUT2D eigenvalue weighted by molar-refractivity contribution is -0.140. The number of thioether (sulfide) groups is 1. The second-order valence-electron chi connectivity index (χ2n) is 6.12. The van der Waals surface area contributed by atoms with Gasteiger partial charge in [0.05, 0.1) is 19.6 Å². The van der Waals surface area contributed by atoms with Crippen LogP contribution in [-0.4, -0.2) is 33.6 Å². The summed E-state index contributed by atoms with van der Waals surface area (Å²) in [5, 5.41) is 9.97. The first-order valence-electron chi connectivity index (χ1n) is 8.79. The van der Waals surface area contributed by atoms with Gasteiger partial charge in [-0.15, -0.1) is 10.2 Å². The molecule has 28 heavy (non-hydrogen) atoms. The molecule has 0 spiro atoms. The highest BCUT2D eigenvalue weighted by Crippen LogP contribution is 2.27. The van der Waals surface area contributed by atoms with Gasteiger partial charge in [0.1, 0.15) is 0 Å². The fourth-order valence-corrected chi connectivity index (χ4v) is 3.74. The fraction of sp³-hybridized carbons (Fsp3) is 0.250. The van der Waals surface area contributed by atoms with Gasteiger partial charge in [0.25, 0.3) is 0 Å². The molecule has 0 aliphatic heterocycles. The molecule has 1 heterocycles. The van der Waals surface area contributed by atoms with E-state index in [0.717, 1.165) is 11.3 Å². The molecule has 2 aromatic carbocycles. The number of hydrogen-bond acceptors (Lipinski definition) is 6. The average molecular weight is 417 g/mol. The third kappa shape index (κ3) is 5.13. The lowest BCUT2D eigenvalue weighted by Gasteiger charge is -2.15. The smallest absolute Gasteiger partial charge is 0.306 e. The molecule has 0 fully saturated rings. The molecule has 0 saturated carbocycles. The van der Waals surface area contributed by atoms with Crippen molar-refractivity contribution in [3.63, 3.8) is 0 Å². The van der Waals surface area contributed by atoms with Crippen molar-refractivity contribution in [1.29, 1.82) is 0 Å². The molecule has 6 nitrogen and oxygen atoms in total. The number of rotatable bonds is 8. The summed E-state index contributed by atoms with van der Waals surface area (Å²) in [5.74, 6) is 0.935. The van der Waals surface area contributed by atoms with E-state index in [0.29, 0.717) is 34.6 Å². The van der Waals surface area contributed by atoms with Gasteiger partial charge in [-0.2, -0.15) is 0 Å². The van der Waals surface area contributed by atoms with Crippen molar-refractivity contribution in [3.05, 3.63) is 71.0 Å². The van der Waals surface area contributed by atoms with Gasteiger partial charge in [0.15, 0.2) is 11.0 Å². The van der Waals surface area contributed by atoms with E-state index < -0.39 is 0 Å². The van der Waals surface area contributed by atoms with Crippen LogP contribution in [0, 0.1) is 0 Å². The Hall–Kier alpha value is -2.35. The predicted octanol–water partition coefficient (Wildman–Crippen LogP) is 3.82. The van der Waals surface area contributed by atoms with Gasteiger partial charge < -0.3 is 10.5 Å². The van der Waals surface area contributed by atoms with Crippen LogP contribution >= 0.6 is 23.4 Å². The number of methoxy groups -OCH3 is 1. The Morgan fingerprint density at radius 1 is 1.18 bits per heavy atom. The summed E-state index contributed by atoms with van der Waals surface area (Å²) in [5.41, 5.74) is 8.47. The van der Waals surface area contributed by atoms with Crippen molar-refractivity contribution in [2.75, 3.05) is 12.9 Å². The number of esters is 1. The SMILES string of the molecule is COC(=O)CCSc1nnc([C@@H](N)Cc2ccccc2)n1-c1ccc(Cl)cc1. The van der Waals surface area contributed by atoms with E-state index in [1.165, 1.54) is 18.9 Å². The van der Waals surface area contributed by atoms with E-state index in [1.54, 1.807) is 0 Å². The minimum Gasteiger partial charge on any atom is -0.469 e. The molecule has 1 atom stereocenters. The molecule has 146 valence electrons. The molecule has 1 aromatic heterocycles. The number of aromatic nitrogens is 3. The van der Waals surface area contributed by atoms with Crippen LogP contribution in [0.1, 0.15) is 23.9 Å². The van der Waals surface area contributed by atoms with Crippen LogP contribution in [0.5, 0.6) is 0 Å². The van der Waals surface area contributed by atoms with E-state index in [9.17, 15) is 4.79 Å². The second kappa shape index (κ2) is 9.73. The molecular weight excluding hydrogens is 396 g/mol. The van der Waals surface area contributed by atoms with E-state index in [-0.39, 0.29) is 12.0 Å². The standard InChI is InChI=1S/C20H21ClN4O2S/c1-27-18(26)11-12-28-20-24-23-19(17(22)13-14-5-3-2-4-6-14)25(20)16-9-7-15(21)8-10-16/h2-10,17H,11-13,22H2,1H3/t17-/m0/s1. The van der Waals surface area contributed by atoms with Crippen LogP contribution in [0.15, 0.2) is 59.8 Å². The Kier molecular flexibility index (Phi) is 7.08. The molecule has 0 saturated heterocycles. The first kappa shape index (κ1) is 20.4. The molecular formula is C20H21ClN4O2S. The molecule has 2 N–H and O–H groups in total. The Morgan fingerprint density at radius 2 is 1.89 bits per heavy atom. The minimum absolute atomic E-state index is 0.258. The van der Waals surface area contributed by atoms with Crippen LogP contribution in [-0.2, 0) is 16.0 Å². The predicted molar refractivity (Wildman–Crippen MR) is 111 cm³/mol. The molecule has 8 heteroatoms. The molecule has 0 radical (unpaired) electrons. The molecule has 0 aliphatic carbocycles. The number of ether oxygens (including phenoxy) is 1. The number of benzene rings is 2. The zero-order valence-corrected chi connectivity index (χ0v) is 17.0. The summed E-state index contributed by atoms with van der Waals surface area (Å²) >= 11 is 7.47. The van der Waals surface area contributed by atoms with Crippen molar-refractivity contribution < 1.29 is 9.53 Å². The Labute approximate surface area is 173 Å². The summed E-state index contributed by atoms with van der Waals surface area (Å²) in [4.78, 5) is 11.4. The second-order valence-corrected chi connectivity index (χ2v) is 7.62. The Balaban J connectivity index is 1.88. The number of nitrogens with two attached hydrogens (primary N) is 1. The quantitative estimate of drug-likeness (QED) is 0.444. The average Bonchev–Trinajstić information content (AvgIpc) is 3.13. The summed E-state index contributed by atoms with van der Waals surface area (Å²) in [7, 11) is 1.38. The van der Waals surface area contributed by atoms with E-state index in [1.807, 2.05) is 59.2 Å². The lowest BCUT2D eigenvalue weighted by Crippen LogP contribution is -2.19. The van der Waals surface area contributed by atoms with Crippen molar-refractivity contribution in [2.24, 2.45) is 5.73 Å². The zero-order valence-electron chi connectivity index (χ0n) is 15.4. The van der Waals surface area contributed by atoms with Gasteiger partial charge in [-0.25, -0.2) is 0 Å². The number of nitrogens with zero attached hydrogens (tertiary/aromatic N) is 3. The number of carbonyl (C=O) groups is 1. The number of carbonyl (C=O) groups excluding carboxylic acids is 1. The highest BCUT2D eigenvalue weighted by molar-refractivity contribution is 7.99. The van der Waals surface area contributed by atoms with Gasteiger partial charge in [-0.1, -0.05) is 53.7 Å². The van der Waals surface area contributed by atoms with Crippen molar-refractivity contribution >= 4 is 29.3 Å². The monoisotopic (exact) mass is 416 g/mol. The third-order valence-corrected chi connectivity index (χ3v) is 5.32. The molecule has 3 aromatic rings. The molecule has 0 amide bonds. The van der Waals surface area contributed by atoms with Crippen molar-refractivity contribution in [3.8, 4) is 5.69 Å².